The summed E-state index contributed by atoms with van der Waals surface area (Å²) in [5, 5.41) is 3.34. The lowest BCUT2D eigenvalue weighted by Gasteiger charge is -2.36. The van der Waals surface area contributed by atoms with Crippen LogP contribution in [0.5, 0.6) is 0 Å². The number of piperazine rings is 1. The second-order valence-corrected chi connectivity index (χ2v) is 7.15. The van der Waals surface area contributed by atoms with Gasteiger partial charge in [0.2, 0.25) is 5.95 Å². The summed E-state index contributed by atoms with van der Waals surface area (Å²) in [6.07, 6.45) is 6.37. The lowest BCUT2D eigenvalue weighted by Crippen LogP contribution is -2.49. The third kappa shape index (κ3) is 4.18. The van der Waals surface area contributed by atoms with Crippen molar-refractivity contribution in [2.24, 2.45) is 0 Å². The zero-order chi connectivity index (χ0) is 18.6. The summed E-state index contributed by atoms with van der Waals surface area (Å²) in [5.74, 6) is 0.238. The van der Waals surface area contributed by atoms with Crippen LogP contribution in [-0.2, 0) is 0 Å². The number of aromatic nitrogens is 2. The minimum Gasteiger partial charge on any atom is -0.368 e. The van der Waals surface area contributed by atoms with Gasteiger partial charge in [0.25, 0.3) is 5.91 Å². The van der Waals surface area contributed by atoms with Crippen LogP contribution in [0.1, 0.15) is 36.2 Å². The van der Waals surface area contributed by atoms with Gasteiger partial charge in [-0.05, 0) is 43.2 Å². The normalized spacial score (nSPS) is 18.0. The van der Waals surface area contributed by atoms with Crippen LogP contribution < -0.4 is 10.2 Å². The van der Waals surface area contributed by atoms with Crippen molar-refractivity contribution >= 4 is 17.5 Å². The van der Waals surface area contributed by atoms with Crippen molar-refractivity contribution in [3.63, 3.8) is 0 Å². The summed E-state index contributed by atoms with van der Waals surface area (Å²) < 4.78 is 13.1. The quantitative estimate of drug-likeness (QED) is 0.898. The van der Waals surface area contributed by atoms with Gasteiger partial charge in [0.05, 0.1) is 0 Å². The molecule has 2 aromatic rings. The van der Waals surface area contributed by atoms with Crippen LogP contribution in [0.25, 0.3) is 0 Å². The van der Waals surface area contributed by atoms with Crippen LogP contribution in [0.2, 0.25) is 0 Å². The maximum absolute atomic E-state index is 13.1. The molecular formula is C20H24FN5O. The van der Waals surface area contributed by atoms with E-state index in [1.54, 1.807) is 24.4 Å². The number of hydrogen-bond donors (Lipinski definition) is 1. The molecule has 1 aromatic carbocycles. The van der Waals surface area contributed by atoms with Gasteiger partial charge >= 0.3 is 0 Å². The minimum atomic E-state index is -0.238. The molecule has 2 aliphatic rings. The molecule has 142 valence electrons. The lowest BCUT2D eigenvalue weighted by molar-refractivity contribution is 0.0741. The second kappa shape index (κ2) is 7.90. The molecule has 1 aromatic heterocycles. The molecule has 0 spiro atoms. The molecule has 1 saturated carbocycles. The van der Waals surface area contributed by atoms with Crippen LogP contribution in [0.15, 0.2) is 36.5 Å². The molecule has 2 fully saturated rings. The molecule has 7 heteroatoms. The minimum absolute atomic E-state index is 0.0642. The highest BCUT2D eigenvalue weighted by Gasteiger charge is 2.24. The van der Waals surface area contributed by atoms with Gasteiger partial charge in [0.1, 0.15) is 11.5 Å². The Kier molecular flexibility index (Phi) is 5.18. The van der Waals surface area contributed by atoms with Gasteiger partial charge in [-0.1, -0.05) is 12.8 Å². The summed E-state index contributed by atoms with van der Waals surface area (Å²) in [5.41, 5.74) is 1.41. The molecule has 1 aliphatic heterocycles. The Bertz CT molecular complexity index is 783. The van der Waals surface area contributed by atoms with Gasteiger partial charge in [0, 0.05) is 44.1 Å². The van der Waals surface area contributed by atoms with Gasteiger partial charge in [0.15, 0.2) is 0 Å². The van der Waals surface area contributed by atoms with Crippen molar-refractivity contribution in [1.29, 1.82) is 0 Å². The summed E-state index contributed by atoms with van der Waals surface area (Å²) >= 11 is 0. The smallest absolute Gasteiger partial charge is 0.272 e. The van der Waals surface area contributed by atoms with Crippen LogP contribution in [0.4, 0.5) is 16.0 Å². The largest absolute Gasteiger partial charge is 0.368 e. The first-order chi connectivity index (χ1) is 13.2. The van der Waals surface area contributed by atoms with E-state index in [0.29, 0.717) is 30.8 Å². The summed E-state index contributed by atoms with van der Waals surface area (Å²) in [6.45, 7) is 2.67. The SMILES string of the molecule is O=C(c1ccnc(NC2CCCC2)n1)N1CCN(c2ccc(F)cc2)CC1. The van der Waals surface area contributed by atoms with Crippen molar-refractivity contribution in [2.75, 3.05) is 36.4 Å². The van der Waals surface area contributed by atoms with Crippen LogP contribution >= 0.6 is 0 Å². The molecule has 6 nitrogen and oxygen atoms in total. The number of nitrogens with one attached hydrogen (secondary N) is 1. The van der Waals surface area contributed by atoms with E-state index in [0.717, 1.165) is 31.6 Å². The van der Waals surface area contributed by atoms with Crippen LogP contribution in [0, 0.1) is 5.82 Å². The fourth-order valence-electron chi connectivity index (χ4n) is 3.78. The Morgan fingerprint density at radius 2 is 1.74 bits per heavy atom. The number of benzene rings is 1. The van der Waals surface area contributed by atoms with E-state index in [9.17, 15) is 9.18 Å². The van der Waals surface area contributed by atoms with E-state index in [2.05, 4.69) is 20.2 Å². The lowest BCUT2D eigenvalue weighted by atomic mass is 10.2. The maximum atomic E-state index is 13.1. The second-order valence-electron chi connectivity index (χ2n) is 7.15. The zero-order valence-electron chi connectivity index (χ0n) is 15.3. The third-order valence-corrected chi connectivity index (χ3v) is 5.32. The summed E-state index contributed by atoms with van der Waals surface area (Å²) in [4.78, 5) is 25.5. The molecule has 2 heterocycles. The molecule has 4 rings (SSSR count). The van der Waals surface area contributed by atoms with Gasteiger partial charge in [-0.2, -0.15) is 0 Å². The van der Waals surface area contributed by atoms with E-state index in [-0.39, 0.29) is 11.7 Å². The van der Waals surface area contributed by atoms with Gasteiger partial charge in [-0.25, -0.2) is 14.4 Å². The summed E-state index contributed by atoms with van der Waals surface area (Å²) in [6, 6.07) is 8.57. The molecular weight excluding hydrogens is 345 g/mol. The molecule has 1 N–H and O–H groups in total. The predicted octanol–water partition coefficient (Wildman–Crippen LogP) is 2.93. The Labute approximate surface area is 158 Å². The van der Waals surface area contributed by atoms with Crippen LogP contribution in [0.3, 0.4) is 0 Å². The average molecular weight is 369 g/mol. The molecule has 1 amide bonds. The fraction of sp³-hybridized carbons (Fsp3) is 0.450. The number of rotatable bonds is 4. The first-order valence-corrected chi connectivity index (χ1v) is 9.58. The highest BCUT2D eigenvalue weighted by Crippen LogP contribution is 2.21. The highest BCUT2D eigenvalue weighted by molar-refractivity contribution is 5.92. The van der Waals surface area contributed by atoms with Crippen molar-refractivity contribution in [1.82, 2.24) is 14.9 Å². The Morgan fingerprint density at radius 3 is 2.44 bits per heavy atom. The van der Waals surface area contributed by atoms with E-state index in [1.807, 2.05) is 4.90 Å². The van der Waals surface area contributed by atoms with Gasteiger partial charge in [-0.3, -0.25) is 4.79 Å². The van der Waals surface area contributed by atoms with E-state index >= 15 is 0 Å². The zero-order valence-corrected chi connectivity index (χ0v) is 15.3. The van der Waals surface area contributed by atoms with Crippen molar-refractivity contribution in [2.45, 2.75) is 31.7 Å². The molecule has 1 saturated heterocycles. The number of halogens is 1. The first kappa shape index (κ1) is 17.7. The van der Waals surface area contributed by atoms with E-state index < -0.39 is 0 Å². The number of hydrogen-bond acceptors (Lipinski definition) is 5. The first-order valence-electron chi connectivity index (χ1n) is 9.58. The Balaban J connectivity index is 1.36. The molecule has 0 radical (unpaired) electrons. The third-order valence-electron chi connectivity index (χ3n) is 5.32. The Hall–Kier alpha value is -2.70. The van der Waals surface area contributed by atoms with E-state index in [1.165, 1.54) is 25.0 Å². The number of carbonyl (C=O) groups excluding carboxylic acids is 1. The predicted molar refractivity (Wildman–Crippen MR) is 102 cm³/mol. The average Bonchev–Trinajstić information content (AvgIpc) is 3.21. The standard InChI is InChI=1S/C20H24FN5O/c21-15-5-7-17(8-6-15)25-11-13-26(14-12-25)19(27)18-9-10-22-20(24-18)23-16-3-1-2-4-16/h5-10,16H,1-4,11-14H2,(H,22,23,24). The van der Waals surface area contributed by atoms with Gasteiger partial charge < -0.3 is 15.1 Å². The highest BCUT2D eigenvalue weighted by atomic mass is 19.1. The number of carbonyl (C=O) groups is 1. The monoisotopic (exact) mass is 369 g/mol. The topological polar surface area (TPSA) is 61.4 Å². The maximum Gasteiger partial charge on any atom is 0.272 e. The molecule has 0 bridgehead atoms. The van der Waals surface area contributed by atoms with Crippen molar-refractivity contribution in [3.05, 3.63) is 48.0 Å². The van der Waals surface area contributed by atoms with Crippen LogP contribution in [-0.4, -0.2) is 53.0 Å². The molecule has 1 aliphatic carbocycles. The fourth-order valence-corrected chi connectivity index (χ4v) is 3.78. The molecule has 27 heavy (non-hydrogen) atoms. The van der Waals surface area contributed by atoms with Crippen molar-refractivity contribution < 1.29 is 9.18 Å². The summed E-state index contributed by atoms with van der Waals surface area (Å²) in [7, 11) is 0. The van der Waals surface area contributed by atoms with E-state index in [4.69, 9.17) is 0 Å². The number of amides is 1. The molecule has 0 atom stereocenters. The molecule has 0 unspecified atom stereocenters. The number of nitrogens with zero attached hydrogens (tertiary/aromatic N) is 4. The Morgan fingerprint density at radius 1 is 1.04 bits per heavy atom. The van der Waals surface area contributed by atoms with Gasteiger partial charge in [-0.15, -0.1) is 0 Å². The number of anilines is 2. The van der Waals surface area contributed by atoms with Crippen molar-refractivity contribution in [3.8, 4) is 0 Å².